The molecule has 0 amide bonds. The Morgan fingerprint density at radius 1 is 1.20 bits per heavy atom. The van der Waals surface area contributed by atoms with E-state index in [9.17, 15) is 0 Å². The van der Waals surface area contributed by atoms with Crippen LogP contribution in [0.3, 0.4) is 0 Å². The van der Waals surface area contributed by atoms with Gasteiger partial charge in [0.25, 0.3) is 0 Å². The molecule has 0 aliphatic rings. The zero-order valence-electron chi connectivity index (χ0n) is 6.80. The lowest BCUT2D eigenvalue weighted by Gasteiger charge is -2.14. The van der Waals surface area contributed by atoms with Crippen LogP contribution in [0.15, 0.2) is 0 Å². The van der Waals surface area contributed by atoms with E-state index >= 15 is 0 Å². The van der Waals surface area contributed by atoms with Gasteiger partial charge in [0.1, 0.15) is 0 Å². The molecule has 0 aliphatic heterocycles. The van der Waals surface area contributed by atoms with Gasteiger partial charge < -0.3 is 0 Å². The summed E-state index contributed by atoms with van der Waals surface area (Å²) < 4.78 is 8.33. The Kier molecular flexibility index (Phi) is 1.77. The van der Waals surface area contributed by atoms with Crippen molar-refractivity contribution in [1.29, 1.82) is 0 Å². The molecule has 10 heavy (non-hydrogen) atoms. The fourth-order valence-corrected chi connectivity index (χ4v) is 1.65. The molecular formula is C7H12N2S. The van der Waals surface area contributed by atoms with Crippen LogP contribution >= 0.6 is 11.7 Å². The van der Waals surface area contributed by atoms with Crippen LogP contribution in [-0.4, -0.2) is 8.75 Å². The van der Waals surface area contributed by atoms with E-state index in [0.29, 0.717) is 0 Å². The van der Waals surface area contributed by atoms with Gasteiger partial charge in [-0.1, -0.05) is 20.8 Å². The molecule has 3 heteroatoms. The highest BCUT2D eigenvalue weighted by atomic mass is 32.1. The van der Waals surface area contributed by atoms with Crippen molar-refractivity contribution >= 4 is 11.7 Å². The SMILES string of the molecule is Cc1nsnc1C(C)(C)C. The number of aryl methyl sites for hydroxylation is 1. The van der Waals surface area contributed by atoms with Gasteiger partial charge in [-0.15, -0.1) is 0 Å². The number of rotatable bonds is 0. The second kappa shape index (κ2) is 2.31. The molecular weight excluding hydrogens is 144 g/mol. The Morgan fingerprint density at radius 3 is 2.00 bits per heavy atom. The molecule has 0 bridgehead atoms. The fourth-order valence-electron chi connectivity index (χ4n) is 0.911. The van der Waals surface area contributed by atoms with Crippen LogP contribution in [0.4, 0.5) is 0 Å². The van der Waals surface area contributed by atoms with Gasteiger partial charge >= 0.3 is 0 Å². The van der Waals surface area contributed by atoms with Crippen molar-refractivity contribution in [3.63, 3.8) is 0 Å². The molecule has 0 saturated carbocycles. The fraction of sp³-hybridized carbons (Fsp3) is 0.714. The summed E-state index contributed by atoms with van der Waals surface area (Å²) >= 11 is 1.29. The van der Waals surface area contributed by atoms with Crippen LogP contribution < -0.4 is 0 Å². The monoisotopic (exact) mass is 156 g/mol. The van der Waals surface area contributed by atoms with Gasteiger partial charge in [-0.25, -0.2) is 0 Å². The molecule has 0 atom stereocenters. The van der Waals surface area contributed by atoms with Gasteiger partial charge in [0.15, 0.2) is 0 Å². The number of aromatic nitrogens is 2. The molecule has 2 nitrogen and oxygen atoms in total. The van der Waals surface area contributed by atoms with Crippen molar-refractivity contribution < 1.29 is 0 Å². The quantitative estimate of drug-likeness (QED) is 0.575. The lowest BCUT2D eigenvalue weighted by atomic mass is 9.91. The van der Waals surface area contributed by atoms with Crippen molar-refractivity contribution in [1.82, 2.24) is 8.75 Å². The molecule has 0 aromatic carbocycles. The second-order valence-corrected chi connectivity index (χ2v) is 3.98. The second-order valence-electron chi connectivity index (χ2n) is 3.45. The summed E-state index contributed by atoms with van der Waals surface area (Å²) in [5, 5.41) is 0. The molecule has 56 valence electrons. The van der Waals surface area contributed by atoms with E-state index < -0.39 is 0 Å². The van der Waals surface area contributed by atoms with E-state index in [1.807, 2.05) is 6.92 Å². The van der Waals surface area contributed by atoms with E-state index in [1.54, 1.807) is 0 Å². The third-order valence-corrected chi connectivity index (χ3v) is 1.98. The van der Waals surface area contributed by atoms with E-state index in [4.69, 9.17) is 0 Å². The average Bonchev–Trinajstić information content (AvgIpc) is 2.11. The molecule has 1 aromatic rings. The van der Waals surface area contributed by atoms with E-state index in [2.05, 4.69) is 29.5 Å². The summed E-state index contributed by atoms with van der Waals surface area (Å²) in [6.45, 7) is 8.45. The van der Waals surface area contributed by atoms with E-state index in [-0.39, 0.29) is 5.41 Å². The first-order valence-electron chi connectivity index (χ1n) is 3.31. The first kappa shape index (κ1) is 7.66. The minimum Gasteiger partial charge on any atom is -0.178 e. The third kappa shape index (κ3) is 1.34. The summed E-state index contributed by atoms with van der Waals surface area (Å²) in [7, 11) is 0. The lowest BCUT2D eigenvalue weighted by molar-refractivity contribution is 0.570. The molecule has 0 fully saturated rings. The van der Waals surface area contributed by atoms with Crippen molar-refractivity contribution in [2.45, 2.75) is 33.1 Å². The summed E-state index contributed by atoms with van der Waals surface area (Å²) in [5.74, 6) is 0. The maximum atomic E-state index is 4.22. The normalized spacial score (nSPS) is 12.0. The van der Waals surface area contributed by atoms with Crippen LogP contribution in [-0.2, 0) is 5.41 Å². The summed E-state index contributed by atoms with van der Waals surface area (Å²) in [6.07, 6.45) is 0. The van der Waals surface area contributed by atoms with Crippen molar-refractivity contribution in [3.8, 4) is 0 Å². The zero-order chi connectivity index (χ0) is 7.78. The molecule has 1 aromatic heterocycles. The van der Waals surface area contributed by atoms with Gasteiger partial charge in [0, 0.05) is 5.41 Å². The summed E-state index contributed by atoms with van der Waals surface area (Å²) in [6, 6.07) is 0. The van der Waals surface area contributed by atoms with Gasteiger partial charge in [-0.3, -0.25) is 0 Å². The predicted octanol–water partition coefficient (Wildman–Crippen LogP) is 2.14. The van der Waals surface area contributed by atoms with Crippen LogP contribution in [0.5, 0.6) is 0 Å². The maximum Gasteiger partial charge on any atom is 0.0825 e. The highest BCUT2D eigenvalue weighted by Crippen LogP contribution is 2.22. The van der Waals surface area contributed by atoms with Crippen LogP contribution in [0, 0.1) is 6.92 Å². The molecule has 0 aliphatic carbocycles. The van der Waals surface area contributed by atoms with Gasteiger partial charge in [-0.2, -0.15) is 8.75 Å². The predicted molar refractivity (Wildman–Crippen MR) is 43.3 cm³/mol. The van der Waals surface area contributed by atoms with Crippen LogP contribution in [0.1, 0.15) is 32.2 Å². The Hall–Kier alpha value is -0.440. The van der Waals surface area contributed by atoms with Crippen LogP contribution in [0.2, 0.25) is 0 Å². The number of hydrogen-bond acceptors (Lipinski definition) is 3. The zero-order valence-corrected chi connectivity index (χ0v) is 7.62. The van der Waals surface area contributed by atoms with Crippen molar-refractivity contribution in [2.24, 2.45) is 0 Å². The molecule has 0 spiro atoms. The highest BCUT2D eigenvalue weighted by Gasteiger charge is 2.19. The summed E-state index contributed by atoms with van der Waals surface area (Å²) in [5.41, 5.74) is 2.34. The molecule has 1 rings (SSSR count). The van der Waals surface area contributed by atoms with Crippen molar-refractivity contribution in [2.75, 3.05) is 0 Å². The van der Waals surface area contributed by atoms with E-state index in [1.165, 1.54) is 11.7 Å². The number of nitrogens with zero attached hydrogens (tertiary/aromatic N) is 2. The standard InChI is InChI=1S/C7H12N2S/c1-5-6(7(2,3)4)9-10-8-5/h1-4H3. The largest absolute Gasteiger partial charge is 0.178 e. The van der Waals surface area contributed by atoms with E-state index in [0.717, 1.165) is 11.4 Å². The summed E-state index contributed by atoms with van der Waals surface area (Å²) in [4.78, 5) is 0. The first-order chi connectivity index (χ1) is 4.52. The smallest absolute Gasteiger partial charge is 0.0825 e. The Labute approximate surface area is 65.6 Å². The van der Waals surface area contributed by atoms with Gasteiger partial charge in [0.05, 0.1) is 23.1 Å². The topological polar surface area (TPSA) is 25.8 Å². The maximum absolute atomic E-state index is 4.22. The van der Waals surface area contributed by atoms with Crippen molar-refractivity contribution in [3.05, 3.63) is 11.4 Å². The third-order valence-electron chi connectivity index (χ3n) is 1.36. The lowest BCUT2D eigenvalue weighted by Crippen LogP contribution is -2.12. The molecule has 0 N–H and O–H groups in total. The molecule has 0 unspecified atom stereocenters. The minimum absolute atomic E-state index is 0.150. The average molecular weight is 156 g/mol. The highest BCUT2D eigenvalue weighted by molar-refractivity contribution is 6.99. The molecule has 0 radical (unpaired) electrons. The number of hydrogen-bond donors (Lipinski definition) is 0. The first-order valence-corrected chi connectivity index (χ1v) is 4.04. The molecule has 1 heterocycles. The Bertz CT molecular complexity index is 222. The Balaban J connectivity index is 3.05. The Morgan fingerprint density at radius 2 is 1.80 bits per heavy atom. The minimum atomic E-state index is 0.150. The molecule has 0 saturated heterocycles. The van der Waals surface area contributed by atoms with Crippen LogP contribution in [0.25, 0.3) is 0 Å². The van der Waals surface area contributed by atoms with Gasteiger partial charge in [-0.05, 0) is 6.92 Å². The van der Waals surface area contributed by atoms with Gasteiger partial charge in [0.2, 0.25) is 0 Å².